The number of H-pyrrole nitrogens is 1. The number of nitrogens with one attached hydrogen (secondary N) is 4. The third kappa shape index (κ3) is 5.20. The van der Waals surface area contributed by atoms with Crippen molar-refractivity contribution in [1.82, 2.24) is 0 Å². The molecule has 0 aliphatic rings. The molecule has 7 nitrogen and oxygen atoms in total. The maximum Gasteiger partial charge on any atom is 0.255 e. The largest absolute Gasteiger partial charge is 0.399 e. The van der Waals surface area contributed by atoms with Gasteiger partial charge in [-0.25, -0.2) is 9.55 Å². The van der Waals surface area contributed by atoms with Crippen LogP contribution in [-0.2, 0) is 7.05 Å². The highest BCUT2D eigenvalue weighted by atomic mass is 16.1. The molecule has 0 saturated carbocycles. The quantitative estimate of drug-likeness (QED) is 0.215. The molecule has 0 unspecified atom stereocenters. The molecule has 0 atom stereocenters. The predicted octanol–water partition coefficient (Wildman–Crippen LogP) is 4.80. The lowest BCUT2D eigenvalue weighted by Crippen LogP contribution is -2.25. The average Bonchev–Trinajstić information content (AvgIpc) is 2.87. The summed E-state index contributed by atoms with van der Waals surface area (Å²) < 4.78 is 1.96. The van der Waals surface area contributed by atoms with Gasteiger partial charge in [0.05, 0.1) is 16.8 Å². The first-order valence-corrected chi connectivity index (χ1v) is 11.2. The fourth-order valence-electron chi connectivity index (χ4n) is 3.81. The lowest BCUT2D eigenvalue weighted by atomic mass is 10.1. The van der Waals surface area contributed by atoms with Crippen LogP contribution in [0.5, 0.6) is 0 Å². The second-order valence-electron chi connectivity index (χ2n) is 8.31. The number of hydrogen-bond acceptors (Lipinski definition) is 4. The minimum Gasteiger partial charge on any atom is -0.399 e. The van der Waals surface area contributed by atoms with Gasteiger partial charge in [-0.1, -0.05) is 6.07 Å². The van der Waals surface area contributed by atoms with Crippen molar-refractivity contribution in [1.29, 1.82) is 0 Å². The van der Waals surface area contributed by atoms with Gasteiger partial charge in [0.1, 0.15) is 7.05 Å². The van der Waals surface area contributed by atoms with E-state index in [1.165, 1.54) is 0 Å². The van der Waals surface area contributed by atoms with E-state index < -0.39 is 0 Å². The van der Waals surface area contributed by atoms with Crippen LogP contribution >= 0.6 is 0 Å². The Balaban J connectivity index is 1.26. The monoisotopic (exact) mass is 462 g/mol. The number of carbonyl (C=O) groups excluding carboxylic acids is 1. The number of aryl methyl sites for hydroxylation is 1. The van der Waals surface area contributed by atoms with Crippen molar-refractivity contribution in [2.75, 3.05) is 21.7 Å². The Morgan fingerprint density at radius 2 is 1.54 bits per heavy atom. The molecule has 1 amide bonds. The Bertz CT molecular complexity index is 1500. The molecule has 7 heteroatoms. The summed E-state index contributed by atoms with van der Waals surface area (Å²) in [5, 5.41) is 10.7. The standard InChI is InChI=1S/C28H24N6O/c1-34-15-12-23(13-16-34)31-24-4-2-3-19(17-24)28(35)33-22-8-6-21(7-9-22)32-27-11-14-30-26-10-5-20(29)18-25(26)27/h2-18H,29H2,1H3,(H2,30,32,33,35)/p+2. The van der Waals surface area contributed by atoms with Gasteiger partial charge in [0, 0.05) is 52.6 Å². The molecule has 3 aromatic carbocycles. The van der Waals surface area contributed by atoms with Crippen molar-refractivity contribution in [3.63, 3.8) is 0 Å². The number of carbonyl (C=O) groups is 1. The molecule has 172 valence electrons. The minimum atomic E-state index is -0.172. The highest BCUT2D eigenvalue weighted by molar-refractivity contribution is 6.05. The molecule has 5 rings (SSSR count). The Labute approximate surface area is 203 Å². The van der Waals surface area contributed by atoms with Gasteiger partial charge in [-0.3, -0.25) is 4.79 Å². The number of aromatic amines is 1. The van der Waals surface area contributed by atoms with Gasteiger partial charge in [0.2, 0.25) is 5.52 Å². The predicted molar refractivity (Wildman–Crippen MR) is 140 cm³/mol. The summed E-state index contributed by atoms with van der Waals surface area (Å²) in [6.45, 7) is 0. The molecule has 0 saturated heterocycles. The first-order valence-electron chi connectivity index (χ1n) is 11.2. The van der Waals surface area contributed by atoms with Crippen LogP contribution in [0.2, 0.25) is 0 Å². The number of pyridine rings is 2. The van der Waals surface area contributed by atoms with Gasteiger partial charge in [-0.2, -0.15) is 0 Å². The summed E-state index contributed by atoms with van der Waals surface area (Å²) in [6, 6.07) is 26.7. The van der Waals surface area contributed by atoms with Gasteiger partial charge >= 0.3 is 0 Å². The number of nitrogens with zero attached hydrogens (tertiary/aromatic N) is 1. The number of aromatic nitrogens is 2. The zero-order chi connectivity index (χ0) is 24.2. The van der Waals surface area contributed by atoms with Crippen LogP contribution in [0.25, 0.3) is 10.9 Å². The van der Waals surface area contributed by atoms with Crippen molar-refractivity contribution in [2.45, 2.75) is 0 Å². The normalized spacial score (nSPS) is 10.7. The van der Waals surface area contributed by atoms with Crippen LogP contribution in [-0.4, -0.2) is 5.91 Å². The summed E-state index contributed by atoms with van der Waals surface area (Å²) in [5.74, 6) is -0.172. The lowest BCUT2D eigenvalue weighted by Gasteiger charge is -2.11. The summed E-state index contributed by atoms with van der Waals surface area (Å²) >= 11 is 0. The van der Waals surface area contributed by atoms with Gasteiger partial charge < -0.3 is 21.7 Å². The third-order valence-electron chi connectivity index (χ3n) is 5.64. The Kier molecular flexibility index (Phi) is 5.96. The van der Waals surface area contributed by atoms with E-state index in [-0.39, 0.29) is 5.91 Å². The van der Waals surface area contributed by atoms with E-state index in [4.69, 9.17) is 5.73 Å². The van der Waals surface area contributed by atoms with E-state index in [0.29, 0.717) is 16.9 Å². The maximum absolute atomic E-state index is 12.8. The Morgan fingerprint density at radius 3 is 2.34 bits per heavy atom. The Hall–Kier alpha value is -4.91. The molecule has 0 spiro atoms. The summed E-state index contributed by atoms with van der Waals surface area (Å²) in [5.41, 5.74) is 12.6. The molecule has 0 aliphatic heterocycles. The van der Waals surface area contributed by atoms with Gasteiger partial charge in [-0.15, -0.1) is 0 Å². The number of rotatable bonds is 6. The van der Waals surface area contributed by atoms with Crippen molar-refractivity contribution in [3.8, 4) is 0 Å². The summed E-state index contributed by atoms with van der Waals surface area (Å²) in [6.07, 6.45) is 5.81. The van der Waals surface area contributed by atoms with E-state index >= 15 is 0 Å². The minimum absolute atomic E-state index is 0.172. The second kappa shape index (κ2) is 9.52. The van der Waals surface area contributed by atoms with Gasteiger partial charge in [0.25, 0.3) is 5.91 Å². The summed E-state index contributed by atoms with van der Waals surface area (Å²) in [7, 11) is 1.97. The highest BCUT2D eigenvalue weighted by Crippen LogP contribution is 2.26. The zero-order valence-corrected chi connectivity index (χ0v) is 19.2. The third-order valence-corrected chi connectivity index (χ3v) is 5.64. The number of fused-ring (bicyclic) bond motifs is 1. The lowest BCUT2D eigenvalue weighted by molar-refractivity contribution is -0.671. The van der Waals surface area contributed by atoms with E-state index in [2.05, 4.69) is 20.9 Å². The fraction of sp³-hybridized carbons (Fsp3) is 0.0357. The molecule has 0 fully saturated rings. The van der Waals surface area contributed by atoms with Crippen LogP contribution in [0.1, 0.15) is 10.4 Å². The van der Waals surface area contributed by atoms with Crippen LogP contribution in [0.3, 0.4) is 0 Å². The first kappa shape index (κ1) is 21.9. The zero-order valence-electron chi connectivity index (χ0n) is 19.2. The molecular formula is C28H26N6O+2. The Morgan fingerprint density at radius 1 is 0.800 bits per heavy atom. The fourth-order valence-corrected chi connectivity index (χ4v) is 3.81. The van der Waals surface area contributed by atoms with Crippen LogP contribution < -0.4 is 31.2 Å². The van der Waals surface area contributed by atoms with Crippen molar-refractivity contribution >= 4 is 50.9 Å². The van der Waals surface area contributed by atoms with E-state index in [9.17, 15) is 4.79 Å². The molecule has 2 heterocycles. The van der Waals surface area contributed by atoms with Gasteiger partial charge in [0.15, 0.2) is 18.6 Å². The average molecular weight is 463 g/mol. The number of anilines is 6. The molecule has 35 heavy (non-hydrogen) atoms. The number of amides is 1. The number of nitrogen functional groups attached to an aromatic ring is 1. The molecule has 0 radical (unpaired) electrons. The first-order chi connectivity index (χ1) is 17.0. The molecular weight excluding hydrogens is 436 g/mol. The number of nitrogens with two attached hydrogens (primary N) is 1. The van der Waals surface area contributed by atoms with E-state index in [1.54, 1.807) is 6.07 Å². The summed E-state index contributed by atoms with van der Waals surface area (Å²) in [4.78, 5) is 16.1. The van der Waals surface area contributed by atoms with Crippen molar-refractivity contribution in [3.05, 3.63) is 109 Å². The van der Waals surface area contributed by atoms with Gasteiger partial charge in [-0.05, 0) is 54.6 Å². The molecule has 0 bridgehead atoms. The topological polar surface area (TPSA) is 97.2 Å². The van der Waals surface area contributed by atoms with Crippen LogP contribution in [0, 0.1) is 0 Å². The highest BCUT2D eigenvalue weighted by Gasteiger charge is 2.09. The SMILES string of the molecule is C[n+]1ccc(Nc2cccc(C(=O)Nc3ccc(Nc4cc[nH+]c5ccc(N)cc45)cc3)c2)cc1. The number of benzene rings is 3. The molecule has 6 N–H and O–H groups in total. The van der Waals surface area contributed by atoms with Crippen molar-refractivity contribution in [2.24, 2.45) is 7.05 Å². The molecule has 5 aromatic rings. The van der Waals surface area contributed by atoms with E-state index in [1.807, 2.05) is 109 Å². The van der Waals surface area contributed by atoms with Crippen LogP contribution in [0.4, 0.5) is 34.1 Å². The molecule has 2 aromatic heterocycles. The second-order valence-corrected chi connectivity index (χ2v) is 8.31. The number of hydrogen-bond donors (Lipinski definition) is 4. The maximum atomic E-state index is 12.8. The van der Waals surface area contributed by atoms with Crippen LogP contribution in [0.15, 0.2) is 104 Å². The smallest absolute Gasteiger partial charge is 0.255 e. The molecule has 0 aliphatic carbocycles. The van der Waals surface area contributed by atoms with Crippen molar-refractivity contribution < 1.29 is 14.3 Å². The van der Waals surface area contributed by atoms with E-state index in [0.717, 1.165) is 33.7 Å².